The maximum absolute atomic E-state index is 11.9. The fourth-order valence-corrected chi connectivity index (χ4v) is 2.18. The van der Waals surface area contributed by atoms with E-state index in [0.717, 1.165) is 18.5 Å². The van der Waals surface area contributed by atoms with Gasteiger partial charge in [0.1, 0.15) is 5.69 Å². The molecule has 0 bridgehead atoms. The van der Waals surface area contributed by atoms with Crippen molar-refractivity contribution in [1.82, 2.24) is 10.3 Å². The van der Waals surface area contributed by atoms with Crippen LogP contribution in [-0.4, -0.2) is 16.9 Å². The number of rotatable bonds is 5. The molecule has 1 fully saturated rings. The number of carbonyl (C=O) groups excluding carboxylic acids is 1. The van der Waals surface area contributed by atoms with E-state index in [9.17, 15) is 4.79 Å². The Morgan fingerprint density at radius 3 is 2.57 bits per heavy atom. The van der Waals surface area contributed by atoms with Gasteiger partial charge in [0, 0.05) is 12.1 Å². The standard InChI is InChI=1S/C17H19N3O/c1-12(13-5-3-2-4-6-13)19-15-9-10-16(18-11-15)17(21)20-14-7-8-14/h2-6,9-12,14,19H,7-8H2,1H3,(H,20,21). The summed E-state index contributed by atoms with van der Waals surface area (Å²) in [6.07, 6.45) is 3.88. The van der Waals surface area contributed by atoms with E-state index in [-0.39, 0.29) is 11.9 Å². The van der Waals surface area contributed by atoms with Crippen molar-refractivity contribution in [2.45, 2.75) is 31.8 Å². The van der Waals surface area contributed by atoms with Crippen molar-refractivity contribution in [3.8, 4) is 0 Å². The molecule has 1 atom stereocenters. The third-order valence-electron chi connectivity index (χ3n) is 3.59. The van der Waals surface area contributed by atoms with Crippen LogP contribution < -0.4 is 10.6 Å². The maximum Gasteiger partial charge on any atom is 0.270 e. The Hall–Kier alpha value is -2.36. The van der Waals surface area contributed by atoms with Crippen LogP contribution in [-0.2, 0) is 0 Å². The Morgan fingerprint density at radius 2 is 1.95 bits per heavy atom. The minimum atomic E-state index is -0.0832. The van der Waals surface area contributed by atoms with E-state index in [4.69, 9.17) is 0 Å². The van der Waals surface area contributed by atoms with E-state index in [1.807, 2.05) is 24.3 Å². The zero-order valence-electron chi connectivity index (χ0n) is 12.0. The van der Waals surface area contributed by atoms with Gasteiger partial charge in [-0.25, -0.2) is 4.98 Å². The van der Waals surface area contributed by atoms with Crippen LogP contribution in [0.1, 0.15) is 41.9 Å². The Kier molecular flexibility index (Phi) is 3.86. The molecule has 4 nitrogen and oxygen atoms in total. The third-order valence-corrected chi connectivity index (χ3v) is 3.59. The third kappa shape index (κ3) is 3.60. The highest BCUT2D eigenvalue weighted by Gasteiger charge is 2.24. The molecule has 1 unspecified atom stereocenters. The quantitative estimate of drug-likeness (QED) is 0.885. The van der Waals surface area contributed by atoms with E-state index >= 15 is 0 Å². The Bertz CT molecular complexity index is 606. The summed E-state index contributed by atoms with van der Waals surface area (Å²) < 4.78 is 0. The normalized spacial score (nSPS) is 15.3. The summed E-state index contributed by atoms with van der Waals surface area (Å²) in [6, 6.07) is 14.4. The summed E-state index contributed by atoms with van der Waals surface area (Å²) in [5.41, 5.74) is 2.60. The largest absolute Gasteiger partial charge is 0.377 e. The molecule has 3 rings (SSSR count). The van der Waals surface area contributed by atoms with Crippen molar-refractivity contribution in [3.63, 3.8) is 0 Å². The molecule has 0 saturated heterocycles. The van der Waals surface area contributed by atoms with E-state index in [0.29, 0.717) is 11.7 Å². The van der Waals surface area contributed by atoms with Gasteiger partial charge >= 0.3 is 0 Å². The van der Waals surface area contributed by atoms with E-state index in [1.54, 1.807) is 12.3 Å². The molecule has 4 heteroatoms. The van der Waals surface area contributed by atoms with Crippen LogP contribution in [0.5, 0.6) is 0 Å². The van der Waals surface area contributed by atoms with Gasteiger partial charge in [-0.2, -0.15) is 0 Å². The molecule has 1 aliphatic carbocycles. The lowest BCUT2D eigenvalue weighted by Crippen LogP contribution is -2.26. The topological polar surface area (TPSA) is 54.0 Å². The summed E-state index contributed by atoms with van der Waals surface area (Å²) in [5, 5.41) is 6.32. The number of nitrogens with one attached hydrogen (secondary N) is 2. The molecular weight excluding hydrogens is 262 g/mol. The van der Waals surface area contributed by atoms with Gasteiger partial charge < -0.3 is 10.6 Å². The van der Waals surface area contributed by atoms with Gasteiger partial charge in [0.05, 0.1) is 11.9 Å². The average Bonchev–Trinajstić information content (AvgIpc) is 3.33. The summed E-state index contributed by atoms with van der Waals surface area (Å²) in [4.78, 5) is 16.1. The van der Waals surface area contributed by atoms with Crippen LogP contribution in [0, 0.1) is 0 Å². The predicted octanol–water partition coefficient (Wildman–Crippen LogP) is 3.15. The zero-order valence-corrected chi connectivity index (χ0v) is 12.0. The molecule has 0 spiro atoms. The fraction of sp³-hybridized carbons (Fsp3) is 0.294. The Morgan fingerprint density at radius 1 is 1.19 bits per heavy atom. The highest BCUT2D eigenvalue weighted by molar-refractivity contribution is 5.92. The smallest absolute Gasteiger partial charge is 0.270 e. The summed E-state index contributed by atoms with van der Waals surface area (Å²) >= 11 is 0. The van der Waals surface area contributed by atoms with Gasteiger partial charge in [-0.1, -0.05) is 30.3 Å². The average molecular weight is 281 g/mol. The first kappa shape index (κ1) is 13.6. The lowest BCUT2D eigenvalue weighted by molar-refractivity contribution is 0.0946. The molecule has 1 heterocycles. The molecule has 1 aliphatic rings. The van der Waals surface area contributed by atoms with Crippen molar-refractivity contribution >= 4 is 11.6 Å². The second kappa shape index (κ2) is 5.95. The number of hydrogen-bond acceptors (Lipinski definition) is 3. The minimum absolute atomic E-state index is 0.0832. The lowest BCUT2D eigenvalue weighted by Gasteiger charge is -2.15. The van der Waals surface area contributed by atoms with Gasteiger partial charge in [-0.05, 0) is 37.5 Å². The number of aromatic nitrogens is 1. The molecule has 1 aromatic carbocycles. The van der Waals surface area contributed by atoms with Crippen molar-refractivity contribution < 1.29 is 4.79 Å². The molecule has 2 N–H and O–H groups in total. The molecule has 1 saturated carbocycles. The van der Waals surface area contributed by atoms with Crippen LogP contribution in [0.25, 0.3) is 0 Å². The van der Waals surface area contributed by atoms with E-state index in [1.165, 1.54) is 5.56 Å². The lowest BCUT2D eigenvalue weighted by atomic mass is 10.1. The molecule has 21 heavy (non-hydrogen) atoms. The molecular formula is C17H19N3O. The number of benzene rings is 1. The molecule has 0 aliphatic heterocycles. The minimum Gasteiger partial charge on any atom is -0.377 e. The Balaban J connectivity index is 1.62. The van der Waals surface area contributed by atoms with Crippen LogP contribution in [0.4, 0.5) is 5.69 Å². The van der Waals surface area contributed by atoms with Gasteiger partial charge in [-0.15, -0.1) is 0 Å². The van der Waals surface area contributed by atoms with Crippen LogP contribution in [0.3, 0.4) is 0 Å². The highest BCUT2D eigenvalue weighted by atomic mass is 16.2. The zero-order chi connectivity index (χ0) is 14.7. The first-order valence-electron chi connectivity index (χ1n) is 7.31. The SMILES string of the molecule is CC(Nc1ccc(C(=O)NC2CC2)nc1)c1ccccc1. The molecule has 1 aromatic heterocycles. The van der Waals surface area contributed by atoms with Gasteiger partial charge in [-0.3, -0.25) is 4.79 Å². The summed E-state index contributed by atoms with van der Waals surface area (Å²) in [5.74, 6) is -0.0832. The number of amides is 1. The number of carbonyl (C=O) groups is 1. The van der Waals surface area contributed by atoms with Crippen LogP contribution >= 0.6 is 0 Å². The fourth-order valence-electron chi connectivity index (χ4n) is 2.18. The first-order valence-corrected chi connectivity index (χ1v) is 7.31. The molecule has 2 aromatic rings. The highest BCUT2D eigenvalue weighted by Crippen LogP contribution is 2.20. The summed E-state index contributed by atoms with van der Waals surface area (Å²) in [7, 11) is 0. The number of hydrogen-bond donors (Lipinski definition) is 2. The van der Waals surface area contributed by atoms with Crippen molar-refractivity contribution in [2.75, 3.05) is 5.32 Å². The summed E-state index contributed by atoms with van der Waals surface area (Å²) in [6.45, 7) is 2.10. The predicted molar refractivity (Wildman–Crippen MR) is 83.2 cm³/mol. The van der Waals surface area contributed by atoms with Gasteiger partial charge in [0.2, 0.25) is 0 Å². The van der Waals surface area contributed by atoms with Crippen molar-refractivity contribution in [2.24, 2.45) is 0 Å². The van der Waals surface area contributed by atoms with Crippen molar-refractivity contribution in [3.05, 3.63) is 59.9 Å². The molecule has 108 valence electrons. The number of nitrogens with zero attached hydrogens (tertiary/aromatic N) is 1. The number of pyridine rings is 1. The van der Waals surface area contributed by atoms with Gasteiger partial charge in [0.15, 0.2) is 0 Å². The molecule has 1 amide bonds. The first-order chi connectivity index (χ1) is 10.2. The van der Waals surface area contributed by atoms with E-state index < -0.39 is 0 Å². The van der Waals surface area contributed by atoms with Crippen LogP contribution in [0.15, 0.2) is 48.7 Å². The maximum atomic E-state index is 11.9. The van der Waals surface area contributed by atoms with Crippen LogP contribution in [0.2, 0.25) is 0 Å². The van der Waals surface area contributed by atoms with E-state index in [2.05, 4.69) is 34.7 Å². The second-order valence-corrected chi connectivity index (χ2v) is 5.46. The number of anilines is 1. The molecule has 0 radical (unpaired) electrons. The monoisotopic (exact) mass is 281 g/mol. The Labute approximate surface area is 124 Å². The second-order valence-electron chi connectivity index (χ2n) is 5.46. The van der Waals surface area contributed by atoms with Crippen molar-refractivity contribution in [1.29, 1.82) is 0 Å². The van der Waals surface area contributed by atoms with Gasteiger partial charge in [0.25, 0.3) is 5.91 Å².